The van der Waals surface area contributed by atoms with Crippen LogP contribution in [0, 0.1) is 0 Å². The van der Waals surface area contributed by atoms with Crippen LogP contribution in [0.5, 0.6) is 5.75 Å². The van der Waals surface area contributed by atoms with Crippen LogP contribution in [0.4, 0.5) is 5.69 Å². The summed E-state index contributed by atoms with van der Waals surface area (Å²) in [6, 6.07) is 20.4. The van der Waals surface area contributed by atoms with Crippen LogP contribution in [0.1, 0.15) is 11.1 Å². The molecule has 6 heteroatoms. The predicted molar refractivity (Wildman–Crippen MR) is 116 cm³/mol. The Balaban J connectivity index is 1.62. The van der Waals surface area contributed by atoms with Crippen LogP contribution in [-0.4, -0.2) is 5.91 Å². The first-order valence-corrected chi connectivity index (χ1v) is 9.55. The summed E-state index contributed by atoms with van der Waals surface area (Å²) in [4.78, 5) is 12.2. The summed E-state index contributed by atoms with van der Waals surface area (Å²) in [7, 11) is 0. The van der Waals surface area contributed by atoms with Crippen molar-refractivity contribution < 1.29 is 9.53 Å². The van der Waals surface area contributed by atoms with Crippen LogP contribution in [0.3, 0.4) is 0 Å². The second kappa shape index (κ2) is 9.65. The Bertz CT molecular complexity index is 1000. The molecule has 3 aromatic carbocycles. The van der Waals surface area contributed by atoms with Crippen LogP contribution in [0.2, 0.25) is 15.1 Å². The maximum Gasteiger partial charge on any atom is 0.248 e. The minimum Gasteiger partial charge on any atom is -0.489 e. The lowest BCUT2D eigenvalue weighted by Gasteiger charge is -2.07. The summed E-state index contributed by atoms with van der Waals surface area (Å²) in [5.74, 6) is 0.384. The molecule has 3 aromatic rings. The van der Waals surface area contributed by atoms with Crippen molar-refractivity contribution in [2.24, 2.45) is 0 Å². The molecule has 0 fully saturated rings. The topological polar surface area (TPSA) is 38.3 Å². The molecule has 0 aliphatic carbocycles. The zero-order chi connectivity index (χ0) is 19.9. The van der Waals surface area contributed by atoms with Crippen molar-refractivity contribution in [3.63, 3.8) is 0 Å². The Morgan fingerprint density at radius 1 is 0.893 bits per heavy atom. The Hall–Kier alpha value is -2.46. The van der Waals surface area contributed by atoms with Gasteiger partial charge in [-0.25, -0.2) is 0 Å². The van der Waals surface area contributed by atoms with Crippen molar-refractivity contribution in [2.45, 2.75) is 6.61 Å². The molecule has 0 radical (unpaired) electrons. The number of halogens is 3. The standard InChI is InChI=1S/C22H16Cl3NO2/c23-18-12-20(25)21(13-19(18)24)26-22(27)10-9-15-7-4-8-17(11-15)28-14-16-5-2-1-3-6-16/h1-13H,14H2,(H,26,27)/b10-9+. The SMILES string of the molecule is O=C(/C=C/c1cccc(OCc2ccccc2)c1)Nc1cc(Cl)c(Cl)cc1Cl. The lowest BCUT2D eigenvalue weighted by atomic mass is 10.2. The average molecular weight is 433 g/mol. The smallest absolute Gasteiger partial charge is 0.248 e. The van der Waals surface area contributed by atoms with E-state index in [9.17, 15) is 4.79 Å². The molecular weight excluding hydrogens is 417 g/mol. The summed E-state index contributed by atoms with van der Waals surface area (Å²) < 4.78 is 5.80. The quantitative estimate of drug-likeness (QED) is 0.340. The second-order valence-corrected chi connectivity index (χ2v) is 7.14. The van der Waals surface area contributed by atoms with Crippen molar-refractivity contribution in [1.82, 2.24) is 0 Å². The van der Waals surface area contributed by atoms with Crippen LogP contribution >= 0.6 is 34.8 Å². The van der Waals surface area contributed by atoms with E-state index in [-0.39, 0.29) is 5.91 Å². The number of rotatable bonds is 6. The number of ether oxygens (including phenoxy) is 1. The van der Waals surface area contributed by atoms with Gasteiger partial charge in [-0.1, -0.05) is 77.3 Å². The third-order valence-corrected chi connectivity index (χ3v) is 4.84. The number of hydrogen-bond donors (Lipinski definition) is 1. The summed E-state index contributed by atoms with van der Waals surface area (Å²) >= 11 is 17.9. The molecule has 0 atom stereocenters. The highest BCUT2D eigenvalue weighted by Crippen LogP contribution is 2.32. The summed E-state index contributed by atoms with van der Waals surface area (Å²) in [5, 5.41) is 3.63. The predicted octanol–water partition coefficient (Wildman–Crippen LogP) is 6.88. The fraction of sp³-hybridized carbons (Fsp3) is 0.0455. The largest absolute Gasteiger partial charge is 0.489 e. The minimum atomic E-state index is -0.337. The van der Waals surface area contributed by atoms with E-state index < -0.39 is 0 Å². The molecule has 0 aliphatic heterocycles. The number of anilines is 1. The van der Waals surface area contributed by atoms with Crippen molar-refractivity contribution in [2.75, 3.05) is 5.32 Å². The molecule has 1 N–H and O–H groups in total. The van der Waals surface area contributed by atoms with E-state index in [0.29, 0.717) is 27.4 Å². The third-order valence-electron chi connectivity index (χ3n) is 3.80. The molecule has 0 aromatic heterocycles. The first-order chi connectivity index (χ1) is 13.5. The van der Waals surface area contributed by atoms with E-state index >= 15 is 0 Å². The normalized spacial score (nSPS) is 10.8. The molecular formula is C22H16Cl3NO2. The molecule has 142 valence electrons. The Labute approximate surface area is 178 Å². The molecule has 0 heterocycles. The van der Waals surface area contributed by atoms with Gasteiger partial charge in [0, 0.05) is 6.08 Å². The monoisotopic (exact) mass is 431 g/mol. The zero-order valence-corrected chi connectivity index (χ0v) is 16.9. The molecule has 0 saturated heterocycles. The van der Waals surface area contributed by atoms with Crippen molar-refractivity contribution in [3.05, 3.63) is 99.0 Å². The van der Waals surface area contributed by atoms with Gasteiger partial charge in [0.15, 0.2) is 0 Å². The van der Waals surface area contributed by atoms with Crippen LogP contribution < -0.4 is 10.1 Å². The minimum absolute atomic E-state index is 0.312. The third kappa shape index (κ3) is 5.77. The van der Waals surface area contributed by atoms with Crippen LogP contribution in [0.25, 0.3) is 6.08 Å². The highest BCUT2D eigenvalue weighted by atomic mass is 35.5. The maximum atomic E-state index is 12.2. The fourth-order valence-electron chi connectivity index (χ4n) is 2.41. The molecule has 0 aliphatic rings. The van der Waals surface area contributed by atoms with Gasteiger partial charge < -0.3 is 10.1 Å². The second-order valence-electron chi connectivity index (χ2n) is 5.92. The van der Waals surface area contributed by atoms with Crippen molar-refractivity contribution >= 4 is 52.5 Å². The van der Waals surface area contributed by atoms with E-state index in [4.69, 9.17) is 39.5 Å². The van der Waals surface area contributed by atoms with Gasteiger partial charge in [0.2, 0.25) is 5.91 Å². The average Bonchev–Trinajstić information content (AvgIpc) is 2.70. The Morgan fingerprint density at radius 3 is 2.43 bits per heavy atom. The van der Waals surface area contributed by atoms with E-state index in [1.807, 2.05) is 54.6 Å². The molecule has 3 rings (SSSR count). The van der Waals surface area contributed by atoms with Crippen molar-refractivity contribution in [3.8, 4) is 5.75 Å². The van der Waals surface area contributed by atoms with E-state index in [1.54, 1.807) is 6.08 Å². The molecule has 0 unspecified atom stereocenters. The Morgan fingerprint density at radius 2 is 1.64 bits per heavy atom. The lowest BCUT2D eigenvalue weighted by Crippen LogP contribution is -2.08. The number of nitrogens with one attached hydrogen (secondary N) is 1. The van der Waals surface area contributed by atoms with E-state index in [0.717, 1.165) is 16.9 Å². The van der Waals surface area contributed by atoms with Gasteiger partial charge in [0.25, 0.3) is 0 Å². The molecule has 1 amide bonds. The van der Waals surface area contributed by atoms with E-state index in [1.165, 1.54) is 18.2 Å². The molecule has 3 nitrogen and oxygen atoms in total. The van der Waals surface area contributed by atoms with Gasteiger partial charge in [-0.15, -0.1) is 0 Å². The summed E-state index contributed by atoms with van der Waals surface area (Å²) in [5.41, 5.74) is 2.31. The molecule has 0 spiro atoms. The number of carbonyl (C=O) groups is 1. The number of benzene rings is 3. The first-order valence-electron chi connectivity index (χ1n) is 8.41. The highest BCUT2D eigenvalue weighted by molar-refractivity contribution is 6.44. The van der Waals surface area contributed by atoms with Gasteiger partial charge in [-0.3, -0.25) is 4.79 Å². The van der Waals surface area contributed by atoms with Gasteiger partial charge >= 0.3 is 0 Å². The number of carbonyl (C=O) groups excluding carboxylic acids is 1. The zero-order valence-electron chi connectivity index (χ0n) is 14.7. The molecule has 0 bridgehead atoms. The first kappa shape index (κ1) is 20.3. The van der Waals surface area contributed by atoms with Crippen molar-refractivity contribution in [1.29, 1.82) is 0 Å². The fourth-order valence-corrected chi connectivity index (χ4v) is 3.01. The Kier molecular flexibility index (Phi) is 6.99. The lowest BCUT2D eigenvalue weighted by molar-refractivity contribution is -0.111. The maximum absolute atomic E-state index is 12.2. The van der Waals surface area contributed by atoms with Gasteiger partial charge in [-0.2, -0.15) is 0 Å². The van der Waals surface area contributed by atoms with Crippen LogP contribution in [-0.2, 0) is 11.4 Å². The van der Waals surface area contributed by atoms with Crippen LogP contribution in [0.15, 0.2) is 72.8 Å². The highest BCUT2D eigenvalue weighted by Gasteiger charge is 2.08. The number of hydrogen-bond acceptors (Lipinski definition) is 2. The molecule has 28 heavy (non-hydrogen) atoms. The van der Waals surface area contributed by atoms with Gasteiger partial charge in [0.1, 0.15) is 12.4 Å². The van der Waals surface area contributed by atoms with Gasteiger partial charge in [-0.05, 0) is 41.5 Å². The molecule has 0 saturated carbocycles. The summed E-state index contributed by atoms with van der Waals surface area (Å²) in [6.45, 7) is 0.477. The van der Waals surface area contributed by atoms with Gasteiger partial charge in [0.05, 0.1) is 20.8 Å². The summed E-state index contributed by atoms with van der Waals surface area (Å²) in [6.07, 6.45) is 3.10. The number of amides is 1. The van der Waals surface area contributed by atoms with E-state index in [2.05, 4.69) is 5.32 Å².